The molecule has 118 valence electrons. The van der Waals surface area contributed by atoms with Crippen LogP contribution in [0.1, 0.15) is 57.1 Å². The van der Waals surface area contributed by atoms with Crippen LogP contribution in [0.3, 0.4) is 0 Å². The summed E-state index contributed by atoms with van der Waals surface area (Å²) in [5.41, 5.74) is 2.86. The second kappa shape index (κ2) is 6.09. The molecule has 0 spiro atoms. The molecular weight excluding hydrogens is 282 g/mol. The molecule has 0 aromatic heterocycles. The van der Waals surface area contributed by atoms with Crippen molar-refractivity contribution in [3.05, 3.63) is 35.4 Å². The van der Waals surface area contributed by atoms with Crippen LogP contribution in [0.15, 0.2) is 24.3 Å². The lowest BCUT2D eigenvalue weighted by Crippen LogP contribution is -2.30. The molecule has 3 nitrogen and oxygen atoms in total. The molecule has 1 fully saturated rings. The third-order valence-electron chi connectivity index (χ3n) is 4.38. The van der Waals surface area contributed by atoms with E-state index in [1.54, 1.807) is 4.31 Å². The van der Waals surface area contributed by atoms with Crippen molar-refractivity contribution in [2.45, 2.75) is 51.4 Å². The first kappa shape index (κ1) is 16.5. The first-order chi connectivity index (χ1) is 9.68. The zero-order valence-electron chi connectivity index (χ0n) is 13.6. The molecule has 1 aliphatic rings. The maximum atomic E-state index is 11.7. The van der Waals surface area contributed by atoms with Crippen molar-refractivity contribution in [1.82, 2.24) is 4.31 Å². The van der Waals surface area contributed by atoms with Gasteiger partial charge in [-0.15, -0.1) is 0 Å². The number of nitrogens with zero attached hydrogens (tertiary/aromatic N) is 1. The van der Waals surface area contributed by atoms with Gasteiger partial charge in [0.15, 0.2) is 0 Å². The SMILES string of the molecule is CC(C)(C)c1cccc([C@@H]2CCCN(S(C)(=O)=O)CC2)c1. The van der Waals surface area contributed by atoms with Gasteiger partial charge in [-0.2, -0.15) is 0 Å². The summed E-state index contributed by atoms with van der Waals surface area (Å²) < 4.78 is 25.0. The molecule has 0 saturated carbocycles. The molecule has 1 saturated heterocycles. The van der Waals surface area contributed by atoms with E-state index in [2.05, 4.69) is 45.0 Å². The first-order valence-electron chi connectivity index (χ1n) is 7.73. The predicted octanol–water partition coefficient (Wildman–Crippen LogP) is 3.51. The molecular formula is C17H27NO2S. The van der Waals surface area contributed by atoms with E-state index in [-0.39, 0.29) is 5.41 Å². The summed E-state index contributed by atoms with van der Waals surface area (Å²) in [4.78, 5) is 0. The van der Waals surface area contributed by atoms with E-state index in [1.165, 1.54) is 17.4 Å². The third kappa shape index (κ3) is 4.30. The van der Waals surface area contributed by atoms with Crippen LogP contribution < -0.4 is 0 Å². The summed E-state index contributed by atoms with van der Waals surface area (Å²) in [6.45, 7) is 7.98. The maximum absolute atomic E-state index is 11.7. The van der Waals surface area contributed by atoms with Gasteiger partial charge in [0.2, 0.25) is 10.0 Å². The van der Waals surface area contributed by atoms with Crippen LogP contribution in [0.5, 0.6) is 0 Å². The van der Waals surface area contributed by atoms with Crippen LogP contribution in [-0.2, 0) is 15.4 Å². The molecule has 1 heterocycles. The quantitative estimate of drug-likeness (QED) is 0.838. The molecule has 21 heavy (non-hydrogen) atoms. The van der Waals surface area contributed by atoms with Crippen molar-refractivity contribution in [1.29, 1.82) is 0 Å². The minimum atomic E-state index is -3.05. The van der Waals surface area contributed by atoms with E-state index in [4.69, 9.17) is 0 Å². The number of hydrogen-bond donors (Lipinski definition) is 0. The highest BCUT2D eigenvalue weighted by atomic mass is 32.2. The van der Waals surface area contributed by atoms with Gasteiger partial charge in [-0.1, -0.05) is 45.0 Å². The van der Waals surface area contributed by atoms with E-state index < -0.39 is 10.0 Å². The molecule has 1 aliphatic heterocycles. The van der Waals surface area contributed by atoms with Crippen molar-refractivity contribution in [3.8, 4) is 0 Å². The van der Waals surface area contributed by atoms with Gasteiger partial charge < -0.3 is 0 Å². The fourth-order valence-corrected chi connectivity index (χ4v) is 3.89. The van der Waals surface area contributed by atoms with Crippen LogP contribution in [-0.4, -0.2) is 32.1 Å². The van der Waals surface area contributed by atoms with Crippen LogP contribution in [0.2, 0.25) is 0 Å². The Morgan fingerprint density at radius 3 is 2.48 bits per heavy atom. The lowest BCUT2D eigenvalue weighted by molar-refractivity contribution is 0.426. The highest BCUT2D eigenvalue weighted by molar-refractivity contribution is 7.88. The van der Waals surface area contributed by atoms with E-state index in [0.29, 0.717) is 19.0 Å². The fourth-order valence-electron chi connectivity index (χ4n) is 2.99. The Bertz CT molecular complexity index is 587. The number of sulfonamides is 1. The van der Waals surface area contributed by atoms with Gasteiger partial charge in [0.25, 0.3) is 0 Å². The van der Waals surface area contributed by atoms with Crippen LogP contribution in [0.25, 0.3) is 0 Å². The molecule has 0 aliphatic carbocycles. The molecule has 0 amide bonds. The predicted molar refractivity (Wildman–Crippen MR) is 88.2 cm³/mol. The highest BCUT2D eigenvalue weighted by Gasteiger charge is 2.24. The van der Waals surface area contributed by atoms with E-state index >= 15 is 0 Å². The van der Waals surface area contributed by atoms with Gasteiger partial charge in [0.05, 0.1) is 6.26 Å². The van der Waals surface area contributed by atoms with Gasteiger partial charge in [0.1, 0.15) is 0 Å². The summed E-state index contributed by atoms with van der Waals surface area (Å²) >= 11 is 0. The molecule has 2 rings (SSSR count). The average Bonchev–Trinajstić information content (AvgIpc) is 2.63. The molecule has 4 heteroatoms. The summed E-state index contributed by atoms with van der Waals surface area (Å²) in [6.07, 6.45) is 4.24. The van der Waals surface area contributed by atoms with E-state index in [9.17, 15) is 8.42 Å². The van der Waals surface area contributed by atoms with Gasteiger partial charge in [-0.25, -0.2) is 12.7 Å². The zero-order valence-corrected chi connectivity index (χ0v) is 14.4. The van der Waals surface area contributed by atoms with Crippen molar-refractivity contribution < 1.29 is 8.42 Å². The zero-order chi connectivity index (χ0) is 15.7. The Morgan fingerprint density at radius 2 is 1.86 bits per heavy atom. The Morgan fingerprint density at radius 1 is 1.14 bits per heavy atom. The summed E-state index contributed by atoms with van der Waals surface area (Å²) in [5.74, 6) is 0.471. The largest absolute Gasteiger partial charge is 0.213 e. The van der Waals surface area contributed by atoms with Gasteiger partial charge in [0, 0.05) is 13.1 Å². The van der Waals surface area contributed by atoms with Crippen molar-refractivity contribution in [2.75, 3.05) is 19.3 Å². The van der Waals surface area contributed by atoms with Crippen molar-refractivity contribution >= 4 is 10.0 Å². The third-order valence-corrected chi connectivity index (χ3v) is 5.68. The van der Waals surface area contributed by atoms with Crippen molar-refractivity contribution in [3.63, 3.8) is 0 Å². The Hall–Kier alpha value is -0.870. The molecule has 0 N–H and O–H groups in total. The number of benzene rings is 1. The standard InChI is InChI=1S/C17H27NO2S/c1-17(2,3)16-9-5-7-15(13-16)14-8-6-11-18(12-10-14)21(4,19)20/h5,7,9,13-14H,6,8,10-12H2,1-4H3/t14-/m1/s1. The van der Waals surface area contributed by atoms with Gasteiger partial charge >= 0.3 is 0 Å². The summed E-state index contributed by atoms with van der Waals surface area (Å²) in [5, 5.41) is 0. The van der Waals surface area contributed by atoms with Gasteiger partial charge in [-0.05, 0) is 41.7 Å². The van der Waals surface area contributed by atoms with Crippen LogP contribution in [0, 0.1) is 0 Å². The minimum Gasteiger partial charge on any atom is -0.213 e. The monoisotopic (exact) mass is 309 g/mol. The molecule has 1 atom stereocenters. The normalized spacial score (nSPS) is 22.0. The van der Waals surface area contributed by atoms with E-state index in [0.717, 1.165) is 19.3 Å². The number of hydrogen-bond acceptors (Lipinski definition) is 2. The van der Waals surface area contributed by atoms with Crippen molar-refractivity contribution in [2.24, 2.45) is 0 Å². The molecule has 0 bridgehead atoms. The Kier molecular flexibility index (Phi) is 4.79. The fraction of sp³-hybridized carbons (Fsp3) is 0.647. The molecule has 1 aromatic rings. The Labute approximate surface area is 129 Å². The van der Waals surface area contributed by atoms with Gasteiger partial charge in [-0.3, -0.25) is 0 Å². The average molecular weight is 309 g/mol. The minimum absolute atomic E-state index is 0.152. The summed E-state index contributed by atoms with van der Waals surface area (Å²) in [7, 11) is -3.05. The lowest BCUT2D eigenvalue weighted by atomic mass is 9.83. The second-order valence-corrected chi connectivity index (χ2v) is 9.15. The lowest BCUT2D eigenvalue weighted by Gasteiger charge is -2.22. The molecule has 0 unspecified atom stereocenters. The number of rotatable bonds is 2. The Balaban J connectivity index is 2.16. The molecule has 0 radical (unpaired) electrons. The van der Waals surface area contributed by atoms with E-state index in [1.807, 2.05) is 0 Å². The summed E-state index contributed by atoms with van der Waals surface area (Å²) in [6, 6.07) is 8.81. The highest BCUT2D eigenvalue weighted by Crippen LogP contribution is 2.31. The topological polar surface area (TPSA) is 37.4 Å². The molecule has 1 aromatic carbocycles. The van der Waals surface area contributed by atoms with Crippen LogP contribution >= 0.6 is 0 Å². The maximum Gasteiger partial charge on any atom is 0.211 e. The smallest absolute Gasteiger partial charge is 0.211 e. The second-order valence-electron chi connectivity index (χ2n) is 7.17. The van der Waals surface area contributed by atoms with Crippen LogP contribution in [0.4, 0.5) is 0 Å². The first-order valence-corrected chi connectivity index (χ1v) is 9.58.